The number of hydrogen-bond acceptors (Lipinski definition) is 2. The monoisotopic (exact) mass is 226 g/mol. The van der Waals surface area contributed by atoms with E-state index < -0.39 is 0 Å². The van der Waals surface area contributed by atoms with Gasteiger partial charge in [0.2, 0.25) is 0 Å². The molecule has 0 spiro atoms. The van der Waals surface area contributed by atoms with Crippen LogP contribution in [0.2, 0.25) is 0 Å². The van der Waals surface area contributed by atoms with Crippen molar-refractivity contribution in [2.75, 3.05) is 19.8 Å². The fourth-order valence-electron chi connectivity index (χ4n) is 1.96. The summed E-state index contributed by atoms with van der Waals surface area (Å²) in [6.45, 7) is 0.945. The van der Waals surface area contributed by atoms with Crippen LogP contribution in [0.4, 0.5) is 5.69 Å². The van der Waals surface area contributed by atoms with Gasteiger partial charge < -0.3 is 10.6 Å². The number of nitrogens with two attached hydrogens (primary N) is 1. The molecule has 2 aromatic rings. The standard InChI is InChI=1S/C15H18N2/c1-17(2)11-12-6-5-7-13(10-12)14-8-3-4-9-15(14)16/h3-10H,11,16H2,1-2H3. The zero-order chi connectivity index (χ0) is 12.3. The van der Waals surface area contributed by atoms with Crippen molar-refractivity contribution in [3.8, 4) is 11.1 Å². The fourth-order valence-corrected chi connectivity index (χ4v) is 1.96. The molecule has 2 rings (SSSR count). The van der Waals surface area contributed by atoms with E-state index in [1.54, 1.807) is 0 Å². The normalized spacial score (nSPS) is 10.8. The first-order chi connectivity index (χ1) is 8.16. The van der Waals surface area contributed by atoms with E-state index in [-0.39, 0.29) is 0 Å². The second kappa shape index (κ2) is 5.02. The lowest BCUT2D eigenvalue weighted by Crippen LogP contribution is -2.10. The van der Waals surface area contributed by atoms with E-state index in [0.717, 1.165) is 17.8 Å². The third-order valence-electron chi connectivity index (χ3n) is 2.70. The van der Waals surface area contributed by atoms with Gasteiger partial charge >= 0.3 is 0 Å². The van der Waals surface area contributed by atoms with Crippen LogP contribution in [0.5, 0.6) is 0 Å². The van der Waals surface area contributed by atoms with Gasteiger partial charge in [-0.25, -0.2) is 0 Å². The van der Waals surface area contributed by atoms with Gasteiger partial charge in [0.15, 0.2) is 0 Å². The number of nitrogens with zero attached hydrogens (tertiary/aromatic N) is 1. The number of para-hydroxylation sites is 1. The summed E-state index contributed by atoms with van der Waals surface area (Å²) in [5, 5.41) is 0. The molecule has 2 heteroatoms. The summed E-state index contributed by atoms with van der Waals surface area (Å²) >= 11 is 0. The summed E-state index contributed by atoms with van der Waals surface area (Å²) in [6.07, 6.45) is 0. The molecule has 0 heterocycles. The molecule has 0 saturated carbocycles. The molecule has 17 heavy (non-hydrogen) atoms. The zero-order valence-electron chi connectivity index (χ0n) is 10.4. The van der Waals surface area contributed by atoms with Crippen LogP contribution in [-0.4, -0.2) is 19.0 Å². The third-order valence-corrected chi connectivity index (χ3v) is 2.70. The Kier molecular flexibility index (Phi) is 3.45. The average Bonchev–Trinajstić information content (AvgIpc) is 2.29. The van der Waals surface area contributed by atoms with E-state index in [1.807, 2.05) is 18.2 Å². The highest BCUT2D eigenvalue weighted by atomic mass is 15.0. The Morgan fingerprint density at radius 2 is 1.76 bits per heavy atom. The van der Waals surface area contributed by atoms with Crippen LogP contribution < -0.4 is 5.73 Å². The van der Waals surface area contributed by atoms with Gasteiger partial charge in [0.25, 0.3) is 0 Å². The second-order valence-electron chi connectivity index (χ2n) is 4.53. The second-order valence-corrected chi connectivity index (χ2v) is 4.53. The van der Waals surface area contributed by atoms with Crippen LogP contribution in [0.25, 0.3) is 11.1 Å². The van der Waals surface area contributed by atoms with Gasteiger partial charge in [0.05, 0.1) is 0 Å². The minimum atomic E-state index is 0.828. The van der Waals surface area contributed by atoms with Crippen LogP contribution >= 0.6 is 0 Å². The van der Waals surface area contributed by atoms with Crippen molar-refractivity contribution in [3.63, 3.8) is 0 Å². The number of hydrogen-bond donors (Lipinski definition) is 1. The summed E-state index contributed by atoms with van der Waals surface area (Å²) < 4.78 is 0. The van der Waals surface area contributed by atoms with E-state index in [2.05, 4.69) is 49.3 Å². The maximum atomic E-state index is 5.99. The Morgan fingerprint density at radius 1 is 1.00 bits per heavy atom. The topological polar surface area (TPSA) is 29.3 Å². The predicted octanol–water partition coefficient (Wildman–Crippen LogP) is 3.00. The van der Waals surface area contributed by atoms with Crippen LogP contribution in [0.3, 0.4) is 0 Å². The van der Waals surface area contributed by atoms with Gasteiger partial charge in [0, 0.05) is 17.8 Å². The largest absolute Gasteiger partial charge is 0.398 e. The third kappa shape index (κ3) is 2.86. The van der Waals surface area contributed by atoms with Crippen molar-refractivity contribution in [2.24, 2.45) is 0 Å². The molecule has 0 bridgehead atoms. The summed E-state index contributed by atoms with van der Waals surface area (Å²) in [5.74, 6) is 0. The maximum Gasteiger partial charge on any atom is 0.0393 e. The van der Waals surface area contributed by atoms with Crippen LogP contribution in [0.15, 0.2) is 48.5 Å². The molecule has 2 N–H and O–H groups in total. The molecular weight excluding hydrogens is 208 g/mol. The summed E-state index contributed by atoms with van der Waals surface area (Å²) in [4.78, 5) is 2.16. The molecule has 0 unspecified atom stereocenters. The fraction of sp³-hybridized carbons (Fsp3) is 0.200. The Labute approximate surface area is 103 Å². The highest BCUT2D eigenvalue weighted by Crippen LogP contribution is 2.26. The number of nitrogen functional groups attached to an aromatic ring is 1. The number of rotatable bonds is 3. The smallest absolute Gasteiger partial charge is 0.0393 e. The zero-order valence-corrected chi connectivity index (χ0v) is 10.4. The Hall–Kier alpha value is -1.80. The first-order valence-electron chi connectivity index (χ1n) is 5.75. The molecule has 0 radical (unpaired) electrons. The lowest BCUT2D eigenvalue weighted by molar-refractivity contribution is 0.402. The molecule has 2 nitrogen and oxygen atoms in total. The molecule has 0 aliphatic carbocycles. The highest BCUT2D eigenvalue weighted by molar-refractivity contribution is 5.76. The molecule has 0 fully saturated rings. The Morgan fingerprint density at radius 3 is 2.47 bits per heavy atom. The molecule has 0 aliphatic heterocycles. The number of anilines is 1. The highest BCUT2D eigenvalue weighted by Gasteiger charge is 2.03. The minimum absolute atomic E-state index is 0.828. The van der Waals surface area contributed by atoms with E-state index in [9.17, 15) is 0 Å². The van der Waals surface area contributed by atoms with E-state index >= 15 is 0 Å². The van der Waals surface area contributed by atoms with Gasteiger partial charge in [-0.2, -0.15) is 0 Å². The van der Waals surface area contributed by atoms with Gasteiger partial charge in [-0.3, -0.25) is 0 Å². The van der Waals surface area contributed by atoms with Crippen molar-refractivity contribution in [1.29, 1.82) is 0 Å². The predicted molar refractivity (Wildman–Crippen MR) is 73.7 cm³/mol. The first-order valence-corrected chi connectivity index (χ1v) is 5.75. The molecule has 0 aliphatic rings. The quantitative estimate of drug-likeness (QED) is 0.815. The first kappa shape index (κ1) is 11.7. The van der Waals surface area contributed by atoms with Gasteiger partial charge in [-0.1, -0.05) is 36.4 Å². The van der Waals surface area contributed by atoms with Crippen LogP contribution in [-0.2, 0) is 6.54 Å². The van der Waals surface area contributed by atoms with Crippen molar-refractivity contribution in [2.45, 2.75) is 6.54 Å². The Balaban J connectivity index is 2.37. The van der Waals surface area contributed by atoms with Gasteiger partial charge in [0.1, 0.15) is 0 Å². The van der Waals surface area contributed by atoms with Crippen molar-refractivity contribution >= 4 is 5.69 Å². The van der Waals surface area contributed by atoms with E-state index in [0.29, 0.717) is 0 Å². The summed E-state index contributed by atoms with van der Waals surface area (Å²) in [7, 11) is 4.15. The molecular formula is C15H18N2. The van der Waals surface area contributed by atoms with Gasteiger partial charge in [-0.15, -0.1) is 0 Å². The SMILES string of the molecule is CN(C)Cc1cccc(-c2ccccc2N)c1. The lowest BCUT2D eigenvalue weighted by Gasteiger charge is -2.11. The molecule has 0 saturated heterocycles. The molecule has 0 aromatic heterocycles. The average molecular weight is 226 g/mol. The van der Waals surface area contributed by atoms with Crippen molar-refractivity contribution in [3.05, 3.63) is 54.1 Å². The minimum Gasteiger partial charge on any atom is -0.398 e. The summed E-state index contributed by atoms with van der Waals surface area (Å²) in [6, 6.07) is 16.5. The van der Waals surface area contributed by atoms with Crippen molar-refractivity contribution < 1.29 is 0 Å². The van der Waals surface area contributed by atoms with E-state index in [4.69, 9.17) is 5.73 Å². The molecule has 2 aromatic carbocycles. The summed E-state index contributed by atoms with van der Waals surface area (Å²) in [5.41, 5.74) is 10.4. The lowest BCUT2D eigenvalue weighted by atomic mass is 10.0. The Bertz CT molecular complexity index is 504. The molecule has 0 atom stereocenters. The van der Waals surface area contributed by atoms with E-state index in [1.165, 1.54) is 11.1 Å². The van der Waals surface area contributed by atoms with Crippen molar-refractivity contribution in [1.82, 2.24) is 4.90 Å². The molecule has 0 amide bonds. The maximum absolute atomic E-state index is 5.99. The number of benzene rings is 2. The van der Waals surface area contributed by atoms with Gasteiger partial charge in [-0.05, 0) is 37.4 Å². The molecule has 88 valence electrons. The van der Waals surface area contributed by atoms with Crippen LogP contribution in [0, 0.1) is 0 Å². The van der Waals surface area contributed by atoms with Crippen LogP contribution in [0.1, 0.15) is 5.56 Å².